The molecule has 0 radical (unpaired) electrons. The summed E-state index contributed by atoms with van der Waals surface area (Å²) in [4.78, 5) is 56.7. The van der Waals surface area contributed by atoms with Gasteiger partial charge in [0.05, 0.1) is 124 Å². The van der Waals surface area contributed by atoms with Crippen LogP contribution in [-0.4, -0.2) is 164 Å². The predicted octanol–water partition coefficient (Wildman–Crippen LogP) is 21.0. The van der Waals surface area contributed by atoms with Gasteiger partial charge in [0.25, 0.3) is 11.4 Å². The van der Waals surface area contributed by atoms with E-state index in [1.165, 1.54) is 37.4 Å². The van der Waals surface area contributed by atoms with E-state index in [1.807, 2.05) is 60.0 Å². The van der Waals surface area contributed by atoms with Crippen molar-refractivity contribution in [3.63, 3.8) is 0 Å². The summed E-state index contributed by atoms with van der Waals surface area (Å²) in [5.41, 5.74) is 13.0. The van der Waals surface area contributed by atoms with E-state index in [2.05, 4.69) is 162 Å². The van der Waals surface area contributed by atoms with Gasteiger partial charge in [0.15, 0.2) is 25.0 Å². The molecule has 12 heterocycles. The third kappa shape index (κ3) is 22.1. The fourth-order valence-corrected chi connectivity index (χ4v) is 21.1. The van der Waals surface area contributed by atoms with E-state index in [-0.39, 0.29) is 137 Å². The maximum absolute atomic E-state index is 11.7. The lowest BCUT2D eigenvalue weighted by atomic mass is 9.97. The molecule has 38 heteroatoms. The van der Waals surface area contributed by atoms with E-state index < -0.39 is 60.5 Å². The molecule has 4 saturated heterocycles. The van der Waals surface area contributed by atoms with Crippen molar-refractivity contribution in [1.82, 2.24) is 58.1 Å². The second-order valence-electron chi connectivity index (χ2n) is 38.4. The van der Waals surface area contributed by atoms with Crippen molar-refractivity contribution in [2.45, 2.75) is 322 Å². The largest absolute Gasteiger partial charge is 0.411 e. The third-order valence-corrected chi connectivity index (χ3v) is 40.7. The van der Waals surface area contributed by atoms with Gasteiger partial charge < -0.3 is 81.0 Å². The quantitative estimate of drug-likeness (QED) is 0.0116. The summed E-state index contributed by atoms with van der Waals surface area (Å²) in [6.07, 6.45) is 15.0. The lowest BCUT2D eigenvalue weighted by Gasteiger charge is -2.39. The number of rotatable bonds is 28. The first kappa shape index (κ1) is 100. The van der Waals surface area contributed by atoms with Crippen LogP contribution in [0.4, 0.5) is 17.2 Å². The average molecular weight is 1890 g/mol. The molecular weight excluding hydrogens is 1760 g/mol. The van der Waals surface area contributed by atoms with Gasteiger partial charge in [-0.3, -0.25) is 20.2 Å². The molecule has 10 aromatic rings. The number of alkyl halides is 1. The summed E-state index contributed by atoms with van der Waals surface area (Å²) >= 11 is 25.3. The molecular formula is C89H127Cl4N15O16Si3. The second kappa shape index (κ2) is 41.3. The fourth-order valence-electron chi connectivity index (χ4n) is 16.1. The number of nitrogens with two attached hydrogens (primary N) is 1. The van der Waals surface area contributed by atoms with Crippen LogP contribution in [0, 0.1) is 32.1 Å². The van der Waals surface area contributed by atoms with Crippen LogP contribution in [0.3, 0.4) is 0 Å². The van der Waals surface area contributed by atoms with Crippen LogP contribution in [0.25, 0.3) is 44.1 Å². The van der Waals surface area contributed by atoms with E-state index in [1.54, 1.807) is 47.2 Å². The highest BCUT2D eigenvalue weighted by atomic mass is 35.5. The highest BCUT2D eigenvalue weighted by Crippen LogP contribution is 2.49. The zero-order valence-corrected chi connectivity index (χ0v) is 83.0. The van der Waals surface area contributed by atoms with Gasteiger partial charge in [-0.1, -0.05) is 170 Å². The molecule has 0 saturated carbocycles. The molecule has 0 amide bonds. The van der Waals surface area contributed by atoms with Gasteiger partial charge in [-0.2, -0.15) is 0 Å². The number of anilines is 1. The number of nitrogens with zero attached hydrogens (tertiary/aromatic N) is 14. The Balaban J connectivity index is 0.000000166. The van der Waals surface area contributed by atoms with E-state index in [9.17, 15) is 35.5 Å². The molecule has 6 unspecified atom stereocenters. The van der Waals surface area contributed by atoms with Crippen molar-refractivity contribution in [2.75, 3.05) is 12.3 Å². The topological polar surface area (TPSA) is 379 Å². The molecule has 2 aromatic carbocycles. The number of aromatic nitrogens is 12. The number of para-hydroxylation sites is 2. The van der Waals surface area contributed by atoms with Gasteiger partial charge >= 0.3 is 0 Å². The minimum atomic E-state index is -2.00. The summed E-state index contributed by atoms with van der Waals surface area (Å²) in [5, 5.41) is 56.8. The number of hydrogen-bond acceptors (Lipinski definition) is 25. The molecule has 14 atom stereocenters. The molecule has 0 spiro atoms. The van der Waals surface area contributed by atoms with Crippen LogP contribution in [0.5, 0.6) is 0 Å². The molecule has 0 aliphatic carbocycles. The number of nitro benzene ring substituents is 2. The first-order valence-corrected chi connectivity index (χ1v) is 54.0. The Morgan fingerprint density at radius 3 is 1.11 bits per heavy atom. The summed E-state index contributed by atoms with van der Waals surface area (Å²) in [7, 11) is -5.78. The summed E-state index contributed by atoms with van der Waals surface area (Å²) < 4.78 is 65.6. The monoisotopic (exact) mass is 1890 g/mol. The molecule has 4 aliphatic heterocycles. The standard InChI is InChI=1S/C29H41ClN4O5Si.C22H27N5O6.C19H29Cl2N3O2Si.C19H30ClN3O3Si/c1-9-22-23(39-40(7,8)29(4,5)6)14-24(38-22)33-15-19(25-27(30)31-17-32-28(25)33)16-37-26(18(2)3)20-12-10-11-13-21(20)34(35)36;1-12(2)20(14-5-3-4-6-15(14)27(30)31)32-10-13-8-26(18-7-16(29)17(9-28)33-18)22-19(13)21(23)24-11-25-22;1-7-13-14(26-27(5,6)19(2,3)4)8-15(25-13)24-10-12(9-20)16-17(21)22-11-23-18(16)24;1-7-13-14(26-27(5,6)19(2,3)4)8-15(25-13)23-9-12(10-24)16-17(20)21-11-22-18(16)23/h10-13,15,17-18,22-24,26H,9,14,16H2,1-8H3;3-6,8,11-12,16-18,20,28-29H,7,9-10H2,1-2H3,(H2,23,24,25);10-11,13-15H,7-9H2,1-6H3;9,11,13-15,24H,7-8,10H2,1-6H3/t22-,23?,24-,26?;16?,17-,18-,20?;2*13-,14?,15-/m1111/s1. The van der Waals surface area contributed by atoms with Crippen LogP contribution in [-0.2, 0) is 67.4 Å². The van der Waals surface area contributed by atoms with E-state index >= 15 is 0 Å². The van der Waals surface area contributed by atoms with E-state index in [0.29, 0.717) is 83.1 Å². The number of aliphatic hydroxyl groups is 3. The maximum Gasteiger partial charge on any atom is 0.275 e. The Morgan fingerprint density at radius 2 is 0.787 bits per heavy atom. The smallest absolute Gasteiger partial charge is 0.275 e. The molecule has 8 aromatic heterocycles. The van der Waals surface area contributed by atoms with Crippen molar-refractivity contribution in [2.24, 2.45) is 11.8 Å². The molecule has 0 bridgehead atoms. The normalized spacial score (nSPS) is 22.4. The Kier molecular flexibility index (Phi) is 32.7. The number of hydrogen-bond donors (Lipinski definition) is 4. The van der Waals surface area contributed by atoms with Crippen molar-refractivity contribution in [1.29, 1.82) is 0 Å². The molecule has 31 nitrogen and oxygen atoms in total. The summed E-state index contributed by atoms with van der Waals surface area (Å²) in [6.45, 7) is 48.0. The Bertz CT molecular complexity index is 5310. The number of fused-ring (bicyclic) bond motifs is 4. The maximum atomic E-state index is 11.7. The Hall–Kier alpha value is -7.15. The van der Waals surface area contributed by atoms with Gasteiger partial charge in [-0.05, 0) is 103 Å². The van der Waals surface area contributed by atoms with E-state index in [4.69, 9.17) is 93.8 Å². The van der Waals surface area contributed by atoms with Gasteiger partial charge in [-0.15, -0.1) is 11.6 Å². The van der Waals surface area contributed by atoms with Gasteiger partial charge in [-0.25, -0.2) is 39.9 Å². The number of halogens is 4. The summed E-state index contributed by atoms with van der Waals surface area (Å²) in [6, 6.07) is 13.3. The molecule has 127 heavy (non-hydrogen) atoms. The van der Waals surface area contributed by atoms with Crippen LogP contribution in [0.15, 0.2) is 98.6 Å². The van der Waals surface area contributed by atoms with Crippen LogP contribution < -0.4 is 5.73 Å². The predicted molar refractivity (Wildman–Crippen MR) is 500 cm³/mol. The molecule has 14 rings (SSSR count). The molecule has 694 valence electrons. The second-order valence-corrected chi connectivity index (χ2v) is 54.0. The number of nitrogen functional groups attached to an aromatic ring is 1. The van der Waals surface area contributed by atoms with Crippen molar-refractivity contribution in [3.05, 3.63) is 168 Å². The lowest BCUT2D eigenvalue weighted by molar-refractivity contribution is -0.386. The Morgan fingerprint density at radius 1 is 0.480 bits per heavy atom. The average Bonchev–Trinajstić information content (AvgIpc) is 1.62. The van der Waals surface area contributed by atoms with Crippen LogP contribution in [0.1, 0.15) is 226 Å². The number of aliphatic hydroxyl groups excluding tert-OH is 3. The van der Waals surface area contributed by atoms with Crippen molar-refractivity contribution >= 4 is 133 Å². The SMILES string of the molecule is CC(C)C(OCc1cn([C@H]2CC(O)[C@@H](CO)O2)c2ncnc(N)c12)c1ccccc1[N+](=O)[O-].CC[C@H]1O[C@@H](n2cc(CCl)c3c(Cl)ncnc32)CC1O[Si](C)(C)C(C)(C)C.CC[C@H]1O[C@@H](n2cc(CO)c3c(Cl)ncnc32)CC1O[Si](C)(C)C(C)(C)C.CC[C@H]1O[C@@H](n2cc(COC(c3ccccc3[N+](=O)[O-])C(C)C)c3c(Cl)ncnc32)CC1O[Si](C)(C)C(C)(C)C. The minimum absolute atomic E-state index is 0.00195. The third-order valence-electron chi connectivity index (χ3n) is 26.0. The van der Waals surface area contributed by atoms with Gasteiger partial charge in [0, 0.05) is 85.2 Å². The first-order valence-electron chi connectivity index (χ1n) is 43.6. The van der Waals surface area contributed by atoms with Crippen molar-refractivity contribution in [3.8, 4) is 0 Å². The summed E-state index contributed by atoms with van der Waals surface area (Å²) in [5.74, 6) is 0.579. The van der Waals surface area contributed by atoms with Crippen LogP contribution >= 0.6 is 46.4 Å². The van der Waals surface area contributed by atoms with Crippen molar-refractivity contribution < 1.29 is 66.9 Å². The van der Waals surface area contributed by atoms with E-state index in [0.717, 1.165) is 54.3 Å². The zero-order valence-electron chi connectivity index (χ0n) is 77.0. The number of ether oxygens (including phenoxy) is 6. The number of benzene rings is 2. The molecule has 4 aliphatic rings. The van der Waals surface area contributed by atoms with Gasteiger partial charge in [0.1, 0.15) is 100 Å². The number of nitro groups is 2. The lowest BCUT2D eigenvalue weighted by Crippen LogP contribution is -2.45. The zero-order chi connectivity index (χ0) is 93.1. The molecule has 4 fully saturated rings. The van der Waals surface area contributed by atoms with Crippen LogP contribution in [0.2, 0.25) is 69.9 Å². The minimum Gasteiger partial charge on any atom is -0.411 e. The first-order chi connectivity index (χ1) is 59.7. The highest BCUT2D eigenvalue weighted by Gasteiger charge is 2.49. The fraction of sp³-hybridized carbons (Fsp3) is 0.596. The van der Waals surface area contributed by atoms with Gasteiger partial charge in [0.2, 0.25) is 0 Å². The Labute approximate surface area is 766 Å². The highest BCUT2D eigenvalue weighted by molar-refractivity contribution is 6.75. The molecule has 5 N–H and O–H groups in total.